The Bertz CT molecular complexity index is 438. The minimum Gasteiger partial charge on any atom is -0.354 e. The van der Waals surface area contributed by atoms with Crippen LogP contribution in [0.4, 0.5) is 11.9 Å². The number of rotatable bonds is 4. The number of hydrogen-bond donors (Lipinski definition) is 1. The zero-order valence-electron chi connectivity index (χ0n) is 10.4. The van der Waals surface area contributed by atoms with Crippen molar-refractivity contribution in [1.29, 1.82) is 5.26 Å². The largest absolute Gasteiger partial charge is 0.354 e. The molecule has 96 valence electrons. The summed E-state index contributed by atoms with van der Waals surface area (Å²) in [4.78, 5) is 15.1. The summed E-state index contributed by atoms with van der Waals surface area (Å²) in [5.41, 5.74) is 0. The maximum atomic E-state index is 8.72. The molecule has 0 aromatic carbocycles. The van der Waals surface area contributed by atoms with Crippen molar-refractivity contribution >= 4 is 23.7 Å². The SMILES string of the molecule is CCNc1nc(SC#N)nc(N2CCCCC2)n1. The third-order valence-corrected chi connectivity index (χ3v) is 3.17. The Morgan fingerprint density at radius 3 is 2.72 bits per heavy atom. The lowest BCUT2D eigenvalue weighted by Crippen LogP contribution is -2.31. The molecule has 0 bridgehead atoms. The first-order valence-electron chi connectivity index (χ1n) is 6.14. The van der Waals surface area contributed by atoms with Gasteiger partial charge in [-0.2, -0.15) is 20.2 Å². The molecule has 0 aliphatic carbocycles. The molecule has 1 aliphatic rings. The fraction of sp³-hybridized carbons (Fsp3) is 0.636. The second kappa shape index (κ2) is 6.40. The van der Waals surface area contributed by atoms with Crippen LogP contribution in [-0.4, -0.2) is 34.6 Å². The van der Waals surface area contributed by atoms with E-state index in [1.165, 1.54) is 19.3 Å². The Morgan fingerprint density at radius 1 is 1.28 bits per heavy atom. The highest BCUT2D eigenvalue weighted by molar-refractivity contribution is 8.03. The number of anilines is 2. The molecule has 7 heteroatoms. The van der Waals surface area contributed by atoms with Gasteiger partial charge in [0.25, 0.3) is 0 Å². The van der Waals surface area contributed by atoms with Crippen LogP contribution in [0.25, 0.3) is 0 Å². The Labute approximate surface area is 111 Å². The van der Waals surface area contributed by atoms with Gasteiger partial charge in [0, 0.05) is 31.4 Å². The van der Waals surface area contributed by atoms with Crippen LogP contribution in [0.2, 0.25) is 0 Å². The molecule has 1 aliphatic heterocycles. The maximum absolute atomic E-state index is 8.72. The van der Waals surface area contributed by atoms with Crippen molar-refractivity contribution in [2.75, 3.05) is 29.9 Å². The first-order chi connectivity index (χ1) is 8.83. The minimum atomic E-state index is 0.462. The molecule has 0 saturated carbocycles. The van der Waals surface area contributed by atoms with Crippen LogP contribution in [0.5, 0.6) is 0 Å². The molecule has 1 N–H and O–H groups in total. The van der Waals surface area contributed by atoms with Gasteiger partial charge < -0.3 is 10.2 Å². The lowest BCUT2D eigenvalue weighted by atomic mass is 10.1. The van der Waals surface area contributed by atoms with E-state index < -0.39 is 0 Å². The molecule has 0 atom stereocenters. The van der Waals surface area contributed by atoms with Crippen LogP contribution >= 0.6 is 11.8 Å². The number of nitriles is 1. The quantitative estimate of drug-likeness (QED) is 0.657. The Kier molecular flexibility index (Phi) is 4.59. The number of piperidine rings is 1. The van der Waals surface area contributed by atoms with Crippen LogP contribution in [0.15, 0.2) is 5.16 Å². The maximum Gasteiger partial charge on any atom is 0.231 e. The van der Waals surface area contributed by atoms with E-state index in [2.05, 4.69) is 25.2 Å². The average molecular weight is 264 g/mol. The molecular weight excluding hydrogens is 248 g/mol. The van der Waals surface area contributed by atoms with Gasteiger partial charge in [-0.05, 0) is 26.2 Å². The fourth-order valence-corrected chi connectivity index (χ4v) is 2.25. The van der Waals surface area contributed by atoms with E-state index in [9.17, 15) is 0 Å². The molecule has 18 heavy (non-hydrogen) atoms. The van der Waals surface area contributed by atoms with Crippen LogP contribution in [0.3, 0.4) is 0 Å². The van der Waals surface area contributed by atoms with Crippen molar-refractivity contribution in [1.82, 2.24) is 15.0 Å². The number of nitrogens with one attached hydrogen (secondary N) is 1. The smallest absolute Gasteiger partial charge is 0.231 e. The van der Waals surface area contributed by atoms with Gasteiger partial charge in [-0.15, -0.1) is 0 Å². The van der Waals surface area contributed by atoms with Gasteiger partial charge in [-0.1, -0.05) is 0 Å². The van der Waals surface area contributed by atoms with Crippen LogP contribution in [0.1, 0.15) is 26.2 Å². The van der Waals surface area contributed by atoms with E-state index in [-0.39, 0.29) is 0 Å². The Balaban J connectivity index is 2.24. The topological polar surface area (TPSA) is 77.7 Å². The molecule has 6 nitrogen and oxygen atoms in total. The third-order valence-electron chi connectivity index (χ3n) is 2.71. The minimum absolute atomic E-state index is 0.462. The van der Waals surface area contributed by atoms with E-state index in [1.807, 2.05) is 12.3 Å². The summed E-state index contributed by atoms with van der Waals surface area (Å²) >= 11 is 0.970. The zero-order chi connectivity index (χ0) is 12.8. The summed E-state index contributed by atoms with van der Waals surface area (Å²) in [7, 11) is 0. The molecule has 0 unspecified atom stereocenters. The number of thioether (sulfide) groups is 1. The van der Waals surface area contributed by atoms with E-state index in [0.717, 1.165) is 31.4 Å². The lowest BCUT2D eigenvalue weighted by Gasteiger charge is -2.26. The zero-order valence-corrected chi connectivity index (χ0v) is 11.2. The highest BCUT2D eigenvalue weighted by atomic mass is 32.2. The monoisotopic (exact) mass is 264 g/mol. The van der Waals surface area contributed by atoms with E-state index in [0.29, 0.717) is 17.1 Å². The summed E-state index contributed by atoms with van der Waals surface area (Å²) in [6.45, 7) is 4.69. The van der Waals surface area contributed by atoms with Gasteiger partial charge in [0.05, 0.1) is 0 Å². The highest BCUT2D eigenvalue weighted by Crippen LogP contribution is 2.20. The Morgan fingerprint density at radius 2 is 2.06 bits per heavy atom. The standard InChI is InChI=1S/C11H16N6S/c1-2-13-9-14-10(16-11(15-9)18-8-12)17-6-4-3-5-7-17/h2-7H2,1H3,(H,13,14,15,16). The molecular formula is C11H16N6S. The predicted molar refractivity (Wildman–Crippen MR) is 71.5 cm³/mol. The summed E-state index contributed by atoms with van der Waals surface area (Å²) < 4.78 is 0. The van der Waals surface area contributed by atoms with Gasteiger partial charge in [0.2, 0.25) is 17.1 Å². The Hall–Kier alpha value is -1.55. The second-order valence-electron chi connectivity index (χ2n) is 4.01. The summed E-state index contributed by atoms with van der Waals surface area (Å²) in [5.74, 6) is 1.23. The molecule has 1 aromatic rings. The fourth-order valence-electron chi connectivity index (χ4n) is 1.90. The second-order valence-corrected chi connectivity index (χ2v) is 4.76. The van der Waals surface area contributed by atoms with Crippen molar-refractivity contribution in [2.45, 2.75) is 31.3 Å². The summed E-state index contributed by atoms with van der Waals surface area (Å²) in [6, 6.07) is 0. The van der Waals surface area contributed by atoms with Gasteiger partial charge >= 0.3 is 0 Å². The molecule has 1 fully saturated rings. The number of thiocyanates is 1. The molecule has 1 aromatic heterocycles. The van der Waals surface area contributed by atoms with Gasteiger partial charge in [0.1, 0.15) is 5.40 Å². The normalized spacial score (nSPS) is 15.2. The highest BCUT2D eigenvalue weighted by Gasteiger charge is 2.16. The molecule has 0 radical (unpaired) electrons. The number of aromatic nitrogens is 3. The summed E-state index contributed by atoms with van der Waals surface area (Å²) in [5, 5.41) is 14.3. The van der Waals surface area contributed by atoms with Crippen molar-refractivity contribution in [3.8, 4) is 5.40 Å². The average Bonchev–Trinajstić information content (AvgIpc) is 2.40. The van der Waals surface area contributed by atoms with E-state index in [1.54, 1.807) is 0 Å². The van der Waals surface area contributed by atoms with Crippen molar-refractivity contribution < 1.29 is 0 Å². The lowest BCUT2D eigenvalue weighted by molar-refractivity contribution is 0.565. The number of hydrogen-bond acceptors (Lipinski definition) is 7. The third kappa shape index (κ3) is 3.23. The first-order valence-corrected chi connectivity index (χ1v) is 6.96. The van der Waals surface area contributed by atoms with Crippen LogP contribution in [-0.2, 0) is 0 Å². The molecule has 0 amide bonds. The first kappa shape index (κ1) is 12.9. The molecule has 2 rings (SSSR count). The van der Waals surface area contributed by atoms with E-state index in [4.69, 9.17) is 5.26 Å². The van der Waals surface area contributed by atoms with Crippen molar-refractivity contribution in [2.24, 2.45) is 0 Å². The van der Waals surface area contributed by atoms with Crippen molar-refractivity contribution in [3.05, 3.63) is 0 Å². The van der Waals surface area contributed by atoms with Crippen LogP contribution in [0, 0.1) is 10.7 Å². The van der Waals surface area contributed by atoms with Gasteiger partial charge in [0.15, 0.2) is 0 Å². The van der Waals surface area contributed by atoms with Crippen molar-refractivity contribution in [3.63, 3.8) is 0 Å². The van der Waals surface area contributed by atoms with Gasteiger partial charge in [-0.25, -0.2) is 0 Å². The molecule has 1 saturated heterocycles. The van der Waals surface area contributed by atoms with E-state index >= 15 is 0 Å². The summed E-state index contributed by atoms with van der Waals surface area (Å²) in [6.07, 6.45) is 3.60. The van der Waals surface area contributed by atoms with Crippen LogP contribution < -0.4 is 10.2 Å². The van der Waals surface area contributed by atoms with Gasteiger partial charge in [-0.3, -0.25) is 0 Å². The molecule has 0 spiro atoms. The predicted octanol–water partition coefficient (Wildman–Crippen LogP) is 1.87. The molecule has 2 heterocycles. The number of nitrogens with zero attached hydrogens (tertiary/aromatic N) is 5.